The fourth-order valence-corrected chi connectivity index (χ4v) is 1.05. The highest BCUT2D eigenvalue weighted by atomic mass is 32.1. The molecule has 2 aromatic rings. The molecule has 0 spiro atoms. The molecule has 0 saturated heterocycles. The Hall–Kier alpha value is -1.39. The van der Waals surface area contributed by atoms with Gasteiger partial charge in [-0.25, -0.2) is 18.3 Å². The summed E-state index contributed by atoms with van der Waals surface area (Å²) in [5.74, 6) is 0. The Morgan fingerprint density at radius 3 is 2.41 bits per heavy atom. The molecule has 0 aliphatic heterocycles. The minimum Gasteiger partial charge on any atom is -0.339 e. The molecule has 5 N–H and O–H groups in total. The molecule has 0 radical (unpaired) electrons. The normalized spacial score (nSPS) is 11.1. The van der Waals surface area contributed by atoms with Crippen molar-refractivity contribution in [1.82, 2.24) is 18.9 Å². The fourth-order valence-electron chi connectivity index (χ4n) is 0.904. The Bertz CT molecular complexity index is 673. The quantitative estimate of drug-likeness (QED) is 0.245. The van der Waals surface area contributed by atoms with Gasteiger partial charge in [0.15, 0.2) is 11.2 Å². The van der Waals surface area contributed by atoms with Crippen LogP contribution in [0.4, 0.5) is 0 Å². The minimum atomic E-state index is -4.64. The van der Waals surface area contributed by atoms with E-state index in [1.165, 1.54) is 6.33 Å². The molecule has 17 heavy (non-hydrogen) atoms. The van der Waals surface area contributed by atoms with Crippen molar-refractivity contribution in [3.63, 3.8) is 0 Å². The van der Waals surface area contributed by atoms with E-state index in [1.807, 2.05) is 0 Å². The SMILES string of the molecule is O=P(O)(O)O.O=c1[nH]c2nc[nH]c2c(=O)n1S. The zero-order valence-electron chi connectivity index (χ0n) is 7.93. The Kier molecular flexibility index (Phi) is 3.91. The van der Waals surface area contributed by atoms with E-state index in [-0.39, 0.29) is 11.2 Å². The maximum Gasteiger partial charge on any atom is 0.466 e. The standard InChI is InChI=1S/C5H4N4O2S.H3O4P/c10-4-2-3(7-1-6-2)8-5(11)9(4)12;1-5(2,3)4/h1,12H,(H,6,7)(H,8,11);(H3,1,2,3,4). The van der Waals surface area contributed by atoms with E-state index in [0.29, 0.717) is 3.97 Å². The van der Waals surface area contributed by atoms with Crippen molar-refractivity contribution >= 4 is 31.8 Å². The lowest BCUT2D eigenvalue weighted by atomic mass is 10.5. The van der Waals surface area contributed by atoms with E-state index < -0.39 is 19.1 Å². The fraction of sp³-hybridized carbons (Fsp3) is 0. The lowest BCUT2D eigenvalue weighted by Crippen LogP contribution is -2.29. The molecule has 0 aromatic carbocycles. The lowest BCUT2D eigenvalue weighted by Gasteiger charge is -1.91. The Morgan fingerprint density at radius 1 is 1.35 bits per heavy atom. The van der Waals surface area contributed by atoms with Crippen LogP contribution in [-0.2, 0) is 4.57 Å². The van der Waals surface area contributed by atoms with Crippen molar-refractivity contribution in [3.8, 4) is 0 Å². The molecule has 0 amide bonds. The number of hydrogen-bond donors (Lipinski definition) is 6. The van der Waals surface area contributed by atoms with Crippen LogP contribution in [0.15, 0.2) is 15.9 Å². The number of fused-ring (bicyclic) bond motifs is 1. The first kappa shape index (κ1) is 13.7. The second-order valence-electron chi connectivity index (χ2n) is 2.69. The van der Waals surface area contributed by atoms with Gasteiger partial charge in [-0.2, -0.15) is 0 Å². The van der Waals surface area contributed by atoms with E-state index in [4.69, 9.17) is 19.2 Å². The maximum absolute atomic E-state index is 11.2. The first-order valence-electron chi connectivity index (χ1n) is 3.86. The molecule has 0 aliphatic carbocycles. The zero-order chi connectivity index (χ0) is 13.2. The molecule has 2 heterocycles. The monoisotopic (exact) mass is 282 g/mol. The summed E-state index contributed by atoms with van der Waals surface area (Å²) in [6.45, 7) is 0. The number of thiol groups is 1. The smallest absolute Gasteiger partial charge is 0.339 e. The summed E-state index contributed by atoms with van der Waals surface area (Å²) < 4.78 is 9.56. The largest absolute Gasteiger partial charge is 0.466 e. The highest BCUT2D eigenvalue weighted by Crippen LogP contribution is 2.25. The maximum atomic E-state index is 11.2. The Morgan fingerprint density at radius 2 is 1.88 bits per heavy atom. The topological polar surface area (TPSA) is 161 Å². The lowest BCUT2D eigenvalue weighted by molar-refractivity contribution is 0.275. The van der Waals surface area contributed by atoms with Crippen molar-refractivity contribution < 1.29 is 19.2 Å². The Labute approximate surface area is 97.7 Å². The average molecular weight is 282 g/mol. The second-order valence-corrected chi connectivity index (χ2v) is 4.11. The summed E-state index contributed by atoms with van der Waals surface area (Å²) in [6.07, 6.45) is 1.33. The van der Waals surface area contributed by atoms with Gasteiger partial charge in [-0.1, -0.05) is 12.8 Å². The summed E-state index contributed by atoms with van der Waals surface area (Å²) in [5, 5.41) is 0. The number of aromatic nitrogens is 4. The number of H-pyrrole nitrogens is 2. The van der Waals surface area contributed by atoms with E-state index in [1.54, 1.807) is 0 Å². The van der Waals surface area contributed by atoms with Gasteiger partial charge in [0.05, 0.1) is 6.33 Å². The first-order valence-corrected chi connectivity index (χ1v) is 5.82. The van der Waals surface area contributed by atoms with Gasteiger partial charge in [0.25, 0.3) is 5.56 Å². The van der Waals surface area contributed by atoms with Crippen LogP contribution in [0.25, 0.3) is 11.2 Å². The van der Waals surface area contributed by atoms with Gasteiger partial charge < -0.3 is 19.7 Å². The van der Waals surface area contributed by atoms with Gasteiger partial charge in [0, 0.05) is 0 Å². The van der Waals surface area contributed by atoms with E-state index in [0.717, 1.165) is 0 Å². The van der Waals surface area contributed by atoms with Crippen LogP contribution in [0, 0.1) is 0 Å². The third-order valence-corrected chi connectivity index (χ3v) is 1.83. The summed E-state index contributed by atoms with van der Waals surface area (Å²) in [7, 11) is -4.64. The van der Waals surface area contributed by atoms with Gasteiger partial charge in [-0.05, 0) is 0 Å². The molecule has 94 valence electrons. The molecule has 10 nitrogen and oxygen atoms in total. The van der Waals surface area contributed by atoms with E-state index >= 15 is 0 Å². The summed E-state index contributed by atoms with van der Waals surface area (Å²) >= 11 is 3.67. The predicted octanol–water partition coefficient (Wildman–Crippen LogP) is -1.82. The number of rotatable bonds is 0. The molecular formula is C5H7N4O6PS. The number of phosphoric acid groups is 1. The molecule has 0 unspecified atom stereocenters. The van der Waals surface area contributed by atoms with Crippen molar-refractivity contribution in [2.45, 2.75) is 0 Å². The molecule has 2 rings (SSSR count). The molecule has 2 aromatic heterocycles. The number of hydrogen-bond acceptors (Lipinski definition) is 5. The predicted molar refractivity (Wildman–Crippen MR) is 59.6 cm³/mol. The molecule has 0 bridgehead atoms. The van der Waals surface area contributed by atoms with Crippen LogP contribution in [0.5, 0.6) is 0 Å². The van der Waals surface area contributed by atoms with Crippen LogP contribution in [-0.4, -0.2) is 33.6 Å². The van der Waals surface area contributed by atoms with Crippen molar-refractivity contribution in [2.75, 3.05) is 0 Å². The van der Waals surface area contributed by atoms with Crippen LogP contribution < -0.4 is 11.2 Å². The van der Waals surface area contributed by atoms with Crippen molar-refractivity contribution in [3.05, 3.63) is 27.2 Å². The van der Waals surface area contributed by atoms with Gasteiger partial charge in [-0.3, -0.25) is 9.78 Å². The third-order valence-electron chi connectivity index (χ3n) is 1.46. The molecular weight excluding hydrogens is 275 g/mol. The third kappa shape index (κ3) is 3.84. The van der Waals surface area contributed by atoms with Gasteiger partial charge in [0.1, 0.15) is 0 Å². The molecule has 0 saturated carbocycles. The highest BCUT2D eigenvalue weighted by molar-refractivity contribution is 7.78. The minimum absolute atomic E-state index is 0.240. The number of aromatic amines is 2. The summed E-state index contributed by atoms with van der Waals surface area (Å²) in [5.41, 5.74) is -0.614. The first-order chi connectivity index (χ1) is 7.70. The molecule has 0 fully saturated rings. The van der Waals surface area contributed by atoms with Crippen LogP contribution in [0.1, 0.15) is 0 Å². The van der Waals surface area contributed by atoms with Crippen molar-refractivity contribution in [1.29, 1.82) is 0 Å². The van der Waals surface area contributed by atoms with E-state index in [2.05, 4.69) is 27.8 Å². The van der Waals surface area contributed by atoms with Crippen LogP contribution in [0.3, 0.4) is 0 Å². The molecule has 0 atom stereocenters. The number of nitrogens with one attached hydrogen (secondary N) is 2. The highest BCUT2D eigenvalue weighted by Gasteiger charge is 2.05. The Balaban J connectivity index is 0.000000249. The average Bonchev–Trinajstić information content (AvgIpc) is 2.59. The molecule has 0 aliphatic rings. The van der Waals surface area contributed by atoms with Gasteiger partial charge >= 0.3 is 13.5 Å². The van der Waals surface area contributed by atoms with E-state index in [9.17, 15) is 9.59 Å². The number of imidazole rings is 1. The number of nitrogens with zero attached hydrogens (tertiary/aromatic N) is 2. The van der Waals surface area contributed by atoms with Crippen molar-refractivity contribution in [2.24, 2.45) is 0 Å². The van der Waals surface area contributed by atoms with Crippen LogP contribution >= 0.6 is 20.6 Å². The second kappa shape index (κ2) is 4.85. The zero-order valence-corrected chi connectivity index (χ0v) is 9.72. The molecule has 12 heteroatoms. The summed E-state index contributed by atoms with van der Waals surface area (Å²) in [4.78, 5) is 52.4. The van der Waals surface area contributed by atoms with Crippen LogP contribution in [0.2, 0.25) is 0 Å². The summed E-state index contributed by atoms with van der Waals surface area (Å²) in [6, 6.07) is 0. The van der Waals surface area contributed by atoms with Gasteiger partial charge in [0.2, 0.25) is 0 Å². The van der Waals surface area contributed by atoms with Gasteiger partial charge in [-0.15, -0.1) is 0 Å².